The minimum absolute atomic E-state index is 0.152. The first-order chi connectivity index (χ1) is 15.3. The van der Waals surface area contributed by atoms with Crippen LogP contribution in [0.15, 0.2) is 12.1 Å². The van der Waals surface area contributed by atoms with Gasteiger partial charge in [-0.25, -0.2) is 0 Å². The van der Waals surface area contributed by atoms with E-state index in [4.69, 9.17) is 18.9 Å². The molecule has 2 aliphatic carbocycles. The molecule has 0 N–H and O–H groups in total. The van der Waals surface area contributed by atoms with Crippen LogP contribution in [0.5, 0.6) is 0 Å². The van der Waals surface area contributed by atoms with Gasteiger partial charge in [0.25, 0.3) is 0 Å². The van der Waals surface area contributed by atoms with Crippen molar-refractivity contribution in [3.8, 4) is 0 Å². The molecular formula is C24H30O8. The molecule has 3 rings (SSSR count). The van der Waals surface area contributed by atoms with E-state index < -0.39 is 34.7 Å². The number of esters is 4. The molecule has 0 atom stereocenters. The highest BCUT2D eigenvalue weighted by atomic mass is 16.6. The molecule has 0 saturated heterocycles. The first-order valence-electron chi connectivity index (χ1n) is 11.1. The monoisotopic (exact) mass is 446 g/mol. The second-order valence-electron chi connectivity index (χ2n) is 8.14. The molecule has 32 heavy (non-hydrogen) atoms. The van der Waals surface area contributed by atoms with Crippen molar-refractivity contribution in [2.24, 2.45) is 10.8 Å². The molecule has 0 spiro atoms. The summed E-state index contributed by atoms with van der Waals surface area (Å²) < 4.78 is 20.9. The maximum absolute atomic E-state index is 12.8. The lowest BCUT2D eigenvalue weighted by Crippen LogP contribution is -2.43. The zero-order chi connectivity index (χ0) is 23.5. The number of fused-ring (bicyclic) bond motifs is 2. The van der Waals surface area contributed by atoms with Gasteiger partial charge in [0, 0.05) is 0 Å². The molecular weight excluding hydrogens is 416 g/mol. The Morgan fingerprint density at radius 1 is 0.562 bits per heavy atom. The molecule has 0 heterocycles. The number of benzene rings is 1. The third kappa shape index (κ3) is 3.87. The summed E-state index contributed by atoms with van der Waals surface area (Å²) in [7, 11) is 0. The van der Waals surface area contributed by atoms with Crippen LogP contribution < -0.4 is 0 Å². The van der Waals surface area contributed by atoms with Gasteiger partial charge in [-0.15, -0.1) is 0 Å². The summed E-state index contributed by atoms with van der Waals surface area (Å²) >= 11 is 0. The van der Waals surface area contributed by atoms with Crippen LogP contribution in [-0.2, 0) is 63.8 Å². The van der Waals surface area contributed by atoms with Gasteiger partial charge in [-0.2, -0.15) is 0 Å². The van der Waals surface area contributed by atoms with Crippen LogP contribution in [0.25, 0.3) is 0 Å². The zero-order valence-electron chi connectivity index (χ0n) is 19.1. The Morgan fingerprint density at radius 2 is 0.781 bits per heavy atom. The molecule has 1 aromatic carbocycles. The van der Waals surface area contributed by atoms with E-state index in [1.807, 2.05) is 12.1 Å². The Balaban J connectivity index is 1.96. The molecule has 0 radical (unpaired) electrons. The van der Waals surface area contributed by atoms with E-state index in [1.165, 1.54) is 0 Å². The van der Waals surface area contributed by atoms with Crippen LogP contribution in [0, 0.1) is 10.8 Å². The molecule has 8 heteroatoms. The van der Waals surface area contributed by atoms with Crippen LogP contribution in [-0.4, -0.2) is 50.3 Å². The molecule has 0 amide bonds. The number of carbonyl (C=O) groups excluding carboxylic acids is 4. The van der Waals surface area contributed by atoms with E-state index in [1.54, 1.807) is 27.7 Å². The van der Waals surface area contributed by atoms with E-state index in [9.17, 15) is 19.2 Å². The van der Waals surface area contributed by atoms with Gasteiger partial charge in [0.15, 0.2) is 10.8 Å². The summed E-state index contributed by atoms with van der Waals surface area (Å²) in [6, 6.07) is 3.76. The predicted molar refractivity (Wildman–Crippen MR) is 113 cm³/mol. The highest BCUT2D eigenvalue weighted by Crippen LogP contribution is 2.45. The first kappa shape index (κ1) is 23.8. The Bertz CT molecular complexity index is 786. The van der Waals surface area contributed by atoms with E-state index in [2.05, 4.69) is 0 Å². The summed E-state index contributed by atoms with van der Waals surface area (Å²) in [4.78, 5) is 51.1. The second-order valence-corrected chi connectivity index (χ2v) is 8.14. The maximum atomic E-state index is 12.8. The van der Waals surface area contributed by atoms with Gasteiger partial charge in [0.05, 0.1) is 26.4 Å². The van der Waals surface area contributed by atoms with E-state index >= 15 is 0 Å². The lowest BCUT2D eigenvalue weighted by atomic mass is 9.83. The van der Waals surface area contributed by atoms with Crippen LogP contribution in [0.2, 0.25) is 0 Å². The summed E-state index contributed by atoms with van der Waals surface area (Å²) in [5.74, 6) is -2.38. The van der Waals surface area contributed by atoms with Crippen molar-refractivity contribution in [1.82, 2.24) is 0 Å². The Hall–Kier alpha value is -2.90. The van der Waals surface area contributed by atoms with Gasteiger partial charge in [-0.05, 0) is 75.6 Å². The van der Waals surface area contributed by atoms with Crippen LogP contribution in [0.3, 0.4) is 0 Å². The van der Waals surface area contributed by atoms with Gasteiger partial charge >= 0.3 is 23.9 Å². The van der Waals surface area contributed by atoms with Gasteiger partial charge < -0.3 is 18.9 Å². The van der Waals surface area contributed by atoms with E-state index in [0.717, 1.165) is 22.3 Å². The van der Waals surface area contributed by atoms with Crippen LogP contribution >= 0.6 is 0 Å². The summed E-state index contributed by atoms with van der Waals surface area (Å²) in [6.45, 7) is 7.41. The summed E-state index contributed by atoms with van der Waals surface area (Å²) in [5, 5.41) is 0. The Morgan fingerprint density at radius 3 is 0.969 bits per heavy atom. The van der Waals surface area contributed by atoms with Crippen molar-refractivity contribution in [1.29, 1.82) is 0 Å². The SMILES string of the molecule is CCOC(=O)C1(C(=O)OCC)Cc2cc3c(cc2C1)CC(C(=O)OCC)(C(=O)OCC)C3. The zero-order valence-corrected chi connectivity index (χ0v) is 19.1. The standard InChI is InChI=1S/C24H30O8/c1-5-29-19(25)23(20(26)30-6-2)11-15-9-17-13-24(21(27)31-7-3,22(28)32-8-4)14-18(17)10-16(15)12-23/h9-10H,5-8,11-14H2,1-4H3. The average Bonchev–Trinajstić information content (AvgIpc) is 3.32. The molecule has 174 valence electrons. The second kappa shape index (κ2) is 9.30. The summed E-state index contributed by atoms with van der Waals surface area (Å²) in [6.07, 6.45) is 0.608. The number of hydrogen-bond donors (Lipinski definition) is 0. The molecule has 8 nitrogen and oxygen atoms in total. The molecule has 0 saturated carbocycles. The Labute approximate surface area is 187 Å². The fourth-order valence-electron chi connectivity index (χ4n) is 4.70. The molecule has 0 fully saturated rings. The van der Waals surface area contributed by atoms with Crippen molar-refractivity contribution in [2.75, 3.05) is 26.4 Å². The normalized spacial score (nSPS) is 17.1. The van der Waals surface area contributed by atoms with Crippen molar-refractivity contribution < 1.29 is 38.1 Å². The number of carbonyl (C=O) groups is 4. The van der Waals surface area contributed by atoms with Crippen LogP contribution in [0.1, 0.15) is 49.9 Å². The predicted octanol–water partition coefficient (Wildman–Crippen LogP) is 2.11. The summed E-state index contributed by atoms with van der Waals surface area (Å²) in [5.41, 5.74) is 0.425. The molecule has 2 aliphatic rings. The minimum Gasteiger partial charge on any atom is -0.465 e. The number of ether oxygens (including phenoxy) is 4. The highest BCUT2D eigenvalue weighted by Gasteiger charge is 2.56. The molecule has 0 aromatic heterocycles. The van der Waals surface area contributed by atoms with Crippen LogP contribution in [0.4, 0.5) is 0 Å². The molecule has 0 unspecified atom stereocenters. The lowest BCUT2D eigenvalue weighted by molar-refractivity contribution is -0.172. The average molecular weight is 446 g/mol. The fourth-order valence-corrected chi connectivity index (χ4v) is 4.70. The molecule has 0 aliphatic heterocycles. The molecule has 1 aromatic rings. The highest BCUT2D eigenvalue weighted by molar-refractivity contribution is 6.03. The smallest absolute Gasteiger partial charge is 0.324 e. The van der Waals surface area contributed by atoms with Crippen molar-refractivity contribution in [3.05, 3.63) is 34.4 Å². The lowest BCUT2D eigenvalue weighted by Gasteiger charge is -2.24. The molecule has 0 bridgehead atoms. The van der Waals surface area contributed by atoms with E-state index in [-0.39, 0.29) is 52.1 Å². The third-order valence-corrected chi connectivity index (χ3v) is 6.16. The fraction of sp³-hybridized carbons (Fsp3) is 0.583. The van der Waals surface area contributed by atoms with Gasteiger partial charge in [0.1, 0.15) is 0 Å². The van der Waals surface area contributed by atoms with E-state index in [0.29, 0.717) is 0 Å². The number of rotatable bonds is 8. The van der Waals surface area contributed by atoms with Crippen molar-refractivity contribution >= 4 is 23.9 Å². The largest absolute Gasteiger partial charge is 0.465 e. The van der Waals surface area contributed by atoms with Gasteiger partial charge in [-0.3, -0.25) is 19.2 Å². The third-order valence-electron chi connectivity index (χ3n) is 6.16. The van der Waals surface area contributed by atoms with Crippen molar-refractivity contribution in [3.63, 3.8) is 0 Å². The van der Waals surface area contributed by atoms with Gasteiger partial charge in [-0.1, -0.05) is 12.1 Å². The van der Waals surface area contributed by atoms with Crippen molar-refractivity contribution in [2.45, 2.75) is 53.4 Å². The quantitative estimate of drug-likeness (QED) is 0.340. The minimum atomic E-state index is -1.41. The first-order valence-corrected chi connectivity index (χ1v) is 11.1. The van der Waals surface area contributed by atoms with Gasteiger partial charge in [0.2, 0.25) is 0 Å². The Kier molecular flexibility index (Phi) is 6.91. The topological polar surface area (TPSA) is 105 Å². The number of hydrogen-bond acceptors (Lipinski definition) is 8. The maximum Gasteiger partial charge on any atom is 0.324 e.